The highest BCUT2D eigenvalue weighted by atomic mass is 16.4. The Balaban J connectivity index is 1.62. The van der Waals surface area contributed by atoms with Gasteiger partial charge >= 0.3 is 5.97 Å². The second-order valence-electron chi connectivity index (χ2n) is 7.28. The Kier molecular flexibility index (Phi) is 6.45. The van der Waals surface area contributed by atoms with Crippen LogP contribution in [-0.4, -0.2) is 46.2 Å². The van der Waals surface area contributed by atoms with Gasteiger partial charge in [0.2, 0.25) is 0 Å². The molecule has 3 rings (SSSR count). The number of aryl methyl sites for hydroxylation is 2. The molecule has 7 nitrogen and oxygen atoms in total. The summed E-state index contributed by atoms with van der Waals surface area (Å²) in [7, 11) is 2.03. The van der Waals surface area contributed by atoms with Crippen LogP contribution in [0.5, 0.6) is 0 Å². The number of benzene rings is 1. The molecule has 1 aliphatic heterocycles. The average molecular weight is 372 g/mol. The monoisotopic (exact) mass is 372 g/mol. The molecular weight excluding hydrogens is 344 g/mol. The number of carbonyl (C=O) groups excluding carboxylic acids is 1. The molecule has 2 aromatic rings. The van der Waals surface area contributed by atoms with Crippen LogP contribution in [0.2, 0.25) is 0 Å². The van der Waals surface area contributed by atoms with E-state index in [0.717, 1.165) is 48.7 Å². The maximum atomic E-state index is 12.3. The van der Waals surface area contributed by atoms with Gasteiger partial charge in [0.25, 0.3) is 5.91 Å². The van der Waals surface area contributed by atoms with E-state index in [4.69, 9.17) is 10.1 Å². The van der Waals surface area contributed by atoms with Crippen molar-refractivity contribution in [2.75, 3.05) is 19.6 Å². The van der Waals surface area contributed by atoms with Gasteiger partial charge in [0.15, 0.2) is 0 Å². The van der Waals surface area contributed by atoms with Gasteiger partial charge in [-0.3, -0.25) is 9.59 Å². The second kappa shape index (κ2) is 8.99. The quantitative estimate of drug-likeness (QED) is 0.617. The van der Waals surface area contributed by atoms with Crippen LogP contribution in [0, 0.1) is 5.92 Å². The summed E-state index contributed by atoms with van der Waals surface area (Å²) in [5.74, 6) is 0.779. The van der Waals surface area contributed by atoms with Gasteiger partial charge < -0.3 is 20.3 Å². The first kappa shape index (κ1) is 19.4. The first-order valence-corrected chi connectivity index (χ1v) is 9.70. The standard InChI is InChI=1S/C20H28N4O3/c1-24-17-6-5-15(20(27)22-10-2-3-19(25)26)13-16(17)23-18(24)7-4-14-8-11-21-12-9-14/h5-6,13-14,21H,2-4,7-12H2,1H3,(H,22,27)(H,25,26). The van der Waals surface area contributed by atoms with Crippen LogP contribution in [0.1, 0.15) is 48.3 Å². The minimum Gasteiger partial charge on any atom is -0.481 e. The summed E-state index contributed by atoms with van der Waals surface area (Å²) >= 11 is 0. The van der Waals surface area contributed by atoms with Crippen LogP contribution in [0.25, 0.3) is 11.0 Å². The van der Waals surface area contributed by atoms with E-state index in [1.165, 1.54) is 12.8 Å². The summed E-state index contributed by atoms with van der Waals surface area (Å²) in [5, 5.41) is 14.8. The fourth-order valence-electron chi connectivity index (χ4n) is 3.66. The lowest BCUT2D eigenvalue weighted by Gasteiger charge is -2.22. The van der Waals surface area contributed by atoms with E-state index >= 15 is 0 Å². The summed E-state index contributed by atoms with van der Waals surface area (Å²) in [6.45, 7) is 2.57. The number of piperidine rings is 1. The van der Waals surface area contributed by atoms with Gasteiger partial charge in [-0.1, -0.05) is 0 Å². The third-order valence-corrected chi connectivity index (χ3v) is 5.32. The molecule has 1 fully saturated rings. The molecule has 1 amide bonds. The molecule has 146 valence electrons. The lowest BCUT2D eigenvalue weighted by atomic mass is 9.93. The van der Waals surface area contributed by atoms with E-state index < -0.39 is 5.97 Å². The van der Waals surface area contributed by atoms with Crippen molar-refractivity contribution in [3.05, 3.63) is 29.6 Å². The van der Waals surface area contributed by atoms with Crippen LogP contribution in [0.4, 0.5) is 0 Å². The van der Waals surface area contributed by atoms with Crippen LogP contribution in [0.15, 0.2) is 18.2 Å². The molecule has 0 aliphatic carbocycles. The SMILES string of the molecule is Cn1c(CCC2CCNCC2)nc2cc(C(=O)NCCCC(=O)O)ccc21. The van der Waals surface area contributed by atoms with Gasteiger partial charge in [-0.05, 0) is 62.9 Å². The van der Waals surface area contributed by atoms with Gasteiger partial charge in [-0.2, -0.15) is 0 Å². The number of carboxylic acids is 1. The molecule has 0 saturated carbocycles. The van der Waals surface area contributed by atoms with E-state index in [-0.39, 0.29) is 12.3 Å². The number of fused-ring (bicyclic) bond motifs is 1. The highest BCUT2D eigenvalue weighted by Crippen LogP contribution is 2.22. The van der Waals surface area contributed by atoms with Gasteiger partial charge in [0.1, 0.15) is 5.82 Å². The fourth-order valence-corrected chi connectivity index (χ4v) is 3.66. The smallest absolute Gasteiger partial charge is 0.303 e. The van der Waals surface area contributed by atoms with Crippen molar-refractivity contribution in [1.82, 2.24) is 20.2 Å². The van der Waals surface area contributed by atoms with E-state index in [1.807, 2.05) is 19.2 Å². The van der Waals surface area contributed by atoms with Crippen LogP contribution < -0.4 is 10.6 Å². The molecule has 0 atom stereocenters. The maximum absolute atomic E-state index is 12.3. The Labute approximate surface area is 159 Å². The lowest BCUT2D eigenvalue weighted by molar-refractivity contribution is -0.137. The number of hydrogen-bond acceptors (Lipinski definition) is 4. The number of nitrogens with one attached hydrogen (secondary N) is 2. The normalized spacial score (nSPS) is 15.1. The highest BCUT2D eigenvalue weighted by Gasteiger charge is 2.16. The van der Waals surface area contributed by atoms with Crippen molar-refractivity contribution in [2.24, 2.45) is 13.0 Å². The minimum absolute atomic E-state index is 0.0555. The van der Waals surface area contributed by atoms with Crippen LogP contribution in [-0.2, 0) is 18.3 Å². The van der Waals surface area contributed by atoms with E-state index in [1.54, 1.807) is 6.07 Å². The van der Waals surface area contributed by atoms with Crippen molar-refractivity contribution >= 4 is 22.9 Å². The van der Waals surface area contributed by atoms with E-state index in [0.29, 0.717) is 18.5 Å². The third kappa shape index (κ3) is 5.07. The van der Waals surface area contributed by atoms with Crippen molar-refractivity contribution in [2.45, 2.75) is 38.5 Å². The molecule has 1 aromatic heterocycles. The molecule has 0 radical (unpaired) electrons. The van der Waals surface area contributed by atoms with Crippen molar-refractivity contribution in [3.63, 3.8) is 0 Å². The molecule has 0 spiro atoms. The number of nitrogens with zero attached hydrogens (tertiary/aromatic N) is 2. The second-order valence-corrected chi connectivity index (χ2v) is 7.28. The predicted molar refractivity (Wildman–Crippen MR) is 104 cm³/mol. The Morgan fingerprint density at radius 1 is 1.33 bits per heavy atom. The first-order valence-electron chi connectivity index (χ1n) is 9.70. The van der Waals surface area contributed by atoms with Gasteiger partial charge in [0, 0.05) is 32.0 Å². The van der Waals surface area contributed by atoms with E-state index in [2.05, 4.69) is 15.2 Å². The Morgan fingerprint density at radius 2 is 2.11 bits per heavy atom. The number of aliphatic carboxylic acids is 1. The Bertz CT molecular complexity index is 809. The van der Waals surface area contributed by atoms with Gasteiger partial charge in [-0.15, -0.1) is 0 Å². The van der Waals surface area contributed by atoms with Crippen LogP contribution >= 0.6 is 0 Å². The predicted octanol–water partition coefficient (Wildman–Crippen LogP) is 2.10. The molecule has 27 heavy (non-hydrogen) atoms. The van der Waals surface area contributed by atoms with Gasteiger partial charge in [0.05, 0.1) is 11.0 Å². The maximum Gasteiger partial charge on any atom is 0.303 e. The molecule has 1 aliphatic rings. The molecule has 1 saturated heterocycles. The number of aromatic nitrogens is 2. The van der Waals surface area contributed by atoms with E-state index in [9.17, 15) is 9.59 Å². The Morgan fingerprint density at radius 3 is 2.85 bits per heavy atom. The zero-order valence-electron chi connectivity index (χ0n) is 15.8. The molecule has 2 heterocycles. The minimum atomic E-state index is -0.851. The van der Waals surface area contributed by atoms with Crippen molar-refractivity contribution < 1.29 is 14.7 Å². The third-order valence-electron chi connectivity index (χ3n) is 5.32. The number of carbonyl (C=O) groups is 2. The fraction of sp³-hybridized carbons (Fsp3) is 0.550. The molecule has 3 N–H and O–H groups in total. The van der Waals surface area contributed by atoms with Crippen molar-refractivity contribution in [1.29, 1.82) is 0 Å². The molecule has 0 unspecified atom stereocenters. The largest absolute Gasteiger partial charge is 0.481 e. The zero-order chi connectivity index (χ0) is 19.2. The number of hydrogen-bond donors (Lipinski definition) is 3. The number of imidazole rings is 1. The van der Waals surface area contributed by atoms with Crippen LogP contribution in [0.3, 0.4) is 0 Å². The van der Waals surface area contributed by atoms with Crippen molar-refractivity contribution in [3.8, 4) is 0 Å². The summed E-state index contributed by atoms with van der Waals surface area (Å²) in [4.78, 5) is 27.5. The molecule has 7 heteroatoms. The molecular formula is C20H28N4O3. The molecule has 1 aromatic carbocycles. The lowest BCUT2D eigenvalue weighted by Crippen LogP contribution is -2.28. The summed E-state index contributed by atoms with van der Waals surface area (Å²) < 4.78 is 2.12. The zero-order valence-corrected chi connectivity index (χ0v) is 15.8. The summed E-state index contributed by atoms with van der Waals surface area (Å²) in [6, 6.07) is 5.55. The summed E-state index contributed by atoms with van der Waals surface area (Å²) in [6.07, 6.45) is 5.04. The average Bonchev–Trinajstić information content (AvgIpc) is 2.99. The number of amides is 1. The Hall–Kier alpha value is -2.41. The first-order chi connectivity index (χ1) is 13.0. The summed E-state index contributed by atoms with van der Waals surface area (Å²) in [5.41, 5.74) is 2.41. The highest BCUT2D eigenvalue weighted by molar-refractivity contribution is 5.97. The number of rotatable bonds is 8. The topological polar surface area (TPSA) is 96.3 Å². The molecule has 0 bridgehead atoms. The number of carboxylic acid groups (broad SMARTS) is 1. The van der Waals surface area contributed by atoms with Gasteiger partial charge in [-0.25, -0.2) is 4.98 Å².